The molecule has 0 saturated heterocycles. The molecule has 0 amide bonds. The third-order valence-electron chi connectivity index (χ3n) is 3.18. The van der Waals surface area contributed by atoms with Gasteiger partial charge in [0.2, 0.25) is 0 Å². The van der Waals surface area contributed by atoms with E-state index in [1.165, 1.54) is 19.2 Å². The van der Waals surface area contributed by atoms with Crippen LogP contribution in [-0.4, -0.2) is 19.5 Å². The van der Waals surface area contributed by atoms with Crippen molar-refractivity contribution in [3.63, 3.8) is 0 Å². The van der Waals surface area contributed by atoms with E-state index in [2.05, 4.69) is 0 Å². The maximum absolute atomic E-state index is 13.4. The van der Waals surface area contributed by atoms with Crippen molar-refractivity contribution in [2.45, 2.75) is 18.4 Å². The van der Waals surface area contributed by atoms with Gasteiger partial charge in [-0.15, -0.1) is 0 Å². The third kappa shape index (κ3) is 2.31. The van der Waals surface area contributed by atoms with E-state index in [0.717, 1.165) is 0 Å². The summed E-state index contributed by atoms with van der Waals surface area (Å²) in [6.07, 6.45) is -3.82. The van der Waals surface area contributed by atoms with Gasteiger partial charge in [0.15, 0.2) is 0 Å². The number of ether oxygens (including phenoxy) is 1. The Morgan fingerprint density at radius 2 is 1.65 bits per heavy atom. The molecule has 0 aromatic heterocycles. The van der Waals surface area contributed by atoms with Gasteiger partial charge in [0, 0.05) is 5.39 Å². The molecule has 0 heterocycles. The molecule has 2 N–H and O–H groups in total. The quantitative estimate of drug-likeness (QED) is 0.869. The zero-order chi connectivity index (χ0) is 14.9. The fourth-order valence-electron chi connectivity index (χ4n) is 2.09. The summed E-state index contributed by atoms with van der Waals surface area (Å²) in [4.78, 5) is 0. The van der Waals surface area contributed by atoms with E-state index in [0.29, 0.717) is 16.5 Å². The van der Waals surface area contributed by atoms with E-state index in [-0.39, 0.29) is 5.56 Å². The first kappa shape index (κ1) is 14.6. The highest BCUT2D eigenvalue weighted by Gasteiger charge is 2.48. The second-order valence-corrected chi connectivity index (χ2v) is 4.36. The van der Waals surface area contributed by atoms with E-state index in [9.17, 15) is 17.6 Å². The Morgan fingerprint density at radius 1 is 1.05 bits per heavy atom. The van der Waals surface area contributed by atoms with Crippen LogP contribution in [-0.2, 0) is 0 Å². The van der Waals surface area contributed by atoms with E-state index in [1.807, 2.05) is 0 Å². The molecular formula is C14H13F4NO. The van der Waals surface area contributed by atoms with Crippen molar-refractivity contribution >= 4 is 10.8 Å². The maximum Gasteiger partial charge on any atom is 0.326 e. The van der Waals surface area contributed by atoms with Crippen molar-refractivity contribution in [3.8, 4) is 5.75 Å². The van der Waals surface area contributed by atoms with Crippen LogP contribution in [0.5, 0.6) is 5.75 Å². The molecule has 0 aliphatic carbocycles. The van der Waals surface area contributed by atoms with Crippen LogP contribution in [0.15, 0.2) is 36.4 Å². The highest BCUT2D eigenvalue weighted by Crippen LogP contribution is 2.39. The molecule has 0 aliphatic rings. The maximum atomic E-state index is 13.4. The molecule has 1 unspecified atom stereocenters. The molecule has 0 aliphatic heterocycles. The smallest absolute Gasteiger partial charge is 0.326 e. The molecular weight excluding hydrogens is 274 g/mol. The highest BCUT2D eigenvalue weighted by atomic mass is 19.3. The van der Waals surface area contributed by atoms with Gasteiger partial charge in [-0.25, -0.2) is 8.78 Å². The number of hydrogen-bond acceptors (Lipinski definition) is 2. The fraction of sp³-hybridized carbons (Fsp3) is 0.286. The Hall–Kier alpha value is -1.82. The van der Waals surface area contributed by atoms with Crippen LogP contribution in [0.3, 0.4) is 0 Å². The monoisotopic (exact) mass is 287 g/mol. The number of benzene rings is 2. The summed E-state index contributed by atoms with van der Waals surface area (Å²) in [5.41, 5.74) is 5.33. The molecule has 2 rings (SSSR count). The van der Waals surface area contributed by atoms with Crippen molar-refractivity contribution in [2.24, 2.45) is 5.73 Å². The van der Waals surface area contributed by atoms with Gasteiger partial charge in [-0.3, -0.25) is 0 Å². The lowest BCUT2D eigenvalue weighted by molar-refractivity contribution is -0.144. The van der Waals surface area contributed by atoms with Gasteiger partial charge in [-0.05, 0) is 17.0 Å². The van der Waals surface area contributed by atoms with Gasteiger partial charge < -0.3 is 10.5 Å². The normalized spacial score (nSPS) is 13.8. The minimum Gasteiger partial charge on any atom is -0.496 e. The molecule has 0 radical (unpaired) electrons. The molecule has 0 spiro atoms. The summed E-state index contributed by atoms with van der Waals surface area (Å²) in [5, 5.41) is 0.924. The fourth-order valence-corrected chi connectivity index (χ4v) is 2.09. The van der Waals surface area contributed by atoms with Gasteiger partial charge in [0.05, 0.1) is 7.11 Å². The summed E-state index contributed by atoms with van der Waals surface area (Å²) in [7, 11) is 1.44. The van der Waals surface area contributed by atoms with Gasteiger partial charge in [0.1, 0.15) is 11.8 Å². The first-order valence-corrected chi connectivity index (χ1v) is 5.86. The average molecular weight is 287 g/mol. The lowest BCUT2D eigenvalue weighted by Crippen LogP contribution is -2.39. The Morgan fingerprint density at radius 3 is 2.20 bits per heavy atom. The molecule has 0 bridgehead atoms. The van der Waals surface area contributed by atoms with E-state index >= 15 is 0 Å². The van der Waals surface area contributed by atoms with Crippen molar-refractivity contribution < 1.29 is 22.3 Å². The number of halogens is 4. The first-order valence-electron chi connectivity index (χ1n) is 5.86. The summed E-state index contributed by atoms with van der Waals surface area (Å²) < 4.78 is 56.9. The first-order chi connectivity index (χ1) is 9.39. The standard InChI is InChI=1S/C14H13F4NO/c1-20-11-7-6-10(8-4-2-3-5-9(8)11)12(19)14(17,18)13(15)16/h2-7,12-13H,19H2,1H3. The van der Waals surface area contributed by atoms with Crippen LogP contribution in [0, 0.1) is 0 Å². The molecule has 0 fully saturated rings. The predicted molar refractivity (Wildman–Crippen MR) is 68.4 cm³/mol. The molecule has 0 saturated carbocycles. The van der Waals surface area contributed by atoms with Gasteiger partial charge in [-0.1, -0.05) is 30.3 Å². The number of nitrogens with two attached hydrogens (primary N) is 1. The largest absolute Gasteiger partial charge is 0.496 e. The average Bonchev–Trinajstić information content (AvgIpc) is 2.45. The van der Waals surface area contributed by atoms with E-state index in [4.69, 9.17) is 10.5 Å². The number of hydrogen-bond donors (Lipinski definition) is 1. The Labute approximate surface area is 113 Å². The van der Waals surface area contributed by atoms with Gasteiger partial charge in [0.25, 0.3) is 0 Å². The number of rotatable bonds is 4. The molecule has 2 aromatic carbocycles. The summed E-state index contributed by atoms with van der Waals surface area (Å²) >= 11 is 0. The third-order valence-corrected chi connectivity index (χ3v) is 3.18. The van der Waals surface area contributed by atoms with E-state index < -0.39 is 18.4 Å². The second-order valence-electron chi connectivity index (χ2n) is 4.36. The molecule has 108 valence electrons. The lowest BCUT2D eigenvalue weighted by Gasteiger charge is -2.24. The van der Waals surface area contributed by atoms with Crippen LogP contribution in [0.1, 0.15) is 11.6 Å². The molecule has 1 atom stereocenters. The molecule has 2 aromatic rings. The summed E-state index contributed by atoms with van der Waals surface area (Å²) in [5.74, 6) is -3.82. The Kier molecular flexibility index (Phi) is 3.85. The lowest BCUT2D eigenvalue weighted by atomic mass is 9.95. The van der Waals surface area contributed by atoms with Crippen molar-refractivity contribution in [2.75, 3.05) is 7.11 Å². The van der Waals surface area contributed by atoms with Crippen LogP contribution in [0.4, 0.5) is 17.6 Å². The van der Waals surface area contributed by atoms with Crippen LogP contribution in [0.2, 0.25) is 0 Å². The van der Waals surface area contributed by atoms with Crippen LogP contribution < -0.4 is 10.5 Å². The van der Waals surface area contributed by atoms with Crippen LogP contribution in [0.25, 0.3) is 10.8 Å². The number of methoxy groups -OCH3 is 1. The number of alkyl halides is 4. The summed E-state index contributed by atoms with van der Waals surface area (Å²) in [6, 6.07) is 7.18. The van der Waals surface area contributed by atoms with Crippen molar-refractivity contribution in [3.05, 3.63) is 42.0 Å². The van der Waals surface area contributed by atoms with Crippen molar-refractivity contribution in [1.82, 2.24) is 0 Å². The Bertz CT molecular complexity index is 615. The highest BCUT2D eigenvalue weighted by molar-refractivity contribution is 5.91. The summed E-state index contributed by atoms with van der Waals surface area (Å²) in [6.45, 7) is 0. The molecule has 20 heavy (non-hydrogen) atoms. The topological polar surface area (TPSA) is 35.2 Å². The zero-order valence-corrected chi connectivity index (χ0v) is 10.6. The minimum atomic E-state index is -4.29. The zero-order valence-electron chi connectivity index (χ0n) is 10.6. The SMILES string of the molecule is COc1ccc(C(N)C(F)(F)C(F)F)c2ccccc12. The van der Waals surface area contributed by atoms with Gasteiger partial charge in [-0.2, -0.15) is 8.78 Å². The molecule has 6 heteroatoms. The molecule has 2 nitrogen and oxygen atoms in total. The predicted octanol–water partition coefficient (Wildman–Crippen LogP) is 3.75. The number of fused-ring (bicyclic) bond motifs is 1. The van der Waals surface area contributed by atoms with E-state index in [1.54, 1.807) is 24.3 Å². The second kappa shape index (κ2) is 5.28. The van der Waals surface area contributed by atoms with Crippen LogP contribution >= 0.6 is 0 Å². The minimum absolute atomic E-state index is 0.0355. The Balaban J connectivity index is 2.62. The van der Waals surface area contributed by atoms with Crippen molar-refractivity contribution in [1.29, 1.82) is 0 Å². The van der Waals surface area contributed by atoms with Gasteiger partial charge >= 0.3 is 12.3 Å².